The van der Waals surface area contributed by atoms with Crippen molar-refractivity contribution in [3.63, 3.8) is 0 Å². The van der Waals surface area contributed by atoms with Crippen molar-refractivity contribution in [2.75, 3.05) is 7.11 Å². The van der Waals surface area contributed by atoms with Gasteiger partial charge in [0.2, 0.25) is 0 Å². The number of aromatic nitrogens is 2. The molecule has 0 bridgehead atoms. The number of hydrogen-bond acceptors (Lipinski definition) is 5. The second-order valence-electron chi connectivity index (χ2n) is 5.61. The van der Waals surface area contributed by atoms with Crippen molar-refractivity contribution in [2.24, 2.45) is 0 Å². The van der Waals surface area contributed by atoms with Crippen molar-refractivity contribution in [1.29, 1.82) is 0 Å². The van der Waals surface area contributed by atoms with Crippen molar-refractivity contribution >= 4 is 27.5 Å². The zero-order valence-electron chi connectivity index (χ0n) is 13.8. The van der Waals surface area contributed by atoms with Gasteiger partial charge in [-0.05, 0) is 41.5 Å². The minimum absolute atomic E-state index is 0.326. The predicted molar refractivity (Wildman–Crippen MR) is 99.6 cm³/mol. The third-order valence-corrected chi connectivity index (χ3v) is 5.21. The molecule has 0 aliphatic carbocycles. The number of methoxy groups -OCH3 is 1. The van der Waals surface area contributed by atoms with E-state index in [9.17, 15) is 9.18 Å². The third-order valence-electron chi connectivity index (χ3n) is 4.04. The van der Waals surface area contributed by atoms with E-state index in [0.29, 0.717) is 16.0 Å². The quantitative estimate of drug-likeness (QED) is 0.483. The molecule has 0 spiro atoms. The number of pyridine rings is 2. The smallest absolute Gasteiger partial charge is 0.341 e. The Kier molecular flexibility index (Phi) is 4.18. The summed E-state index contributed by atoms with van der Waals surface area (Å²) in [6.45, 7) is 0. The highest BCUT2D eigenvalue weighted by molar-refractivity contribution is 7.22. The van der Waals surface area contributed by atoms with Gasteiger partial charge in [0.1, 0.15) is 11.4 Å². The maximum atomic E-state index is 13.3. The highest BCUT2D eigenvalue weighted by atomic mass is 32.1. The predicted octanol–water partition coefficient (Wildman–Crippen LogP) is 4.95. The van der Waals surface area contributed by atoms with Crippen LogP contribution in [0.3, 0.4) is 0 Å². The fraction of sp³-hybridized carbons (Fsp3) is 0.0500. The molecule has 1 aromatic carbocycles. The maximum absolute atomic E-state index is 13.3. The molecule has 6 heteroatoms. The van der Waals surface area contributed by atoms with E-state index in [1.165, 1.54) is 30.6 Å². The molecule has 3 heterocycles. The number of esters is 1. The Balaban J connectivity index is 1.93. The van der Waals surface area contributed by atoms with Gasteiger partial charge in [-0.2, -0.15) is 0 Å². The van der Waals surface area contributed by atoms with Gasteiger partial charge in [-0.1, -0.05) is 12.1 Å². The Morgan fingerprint density at radius 3 is 2.46 bits per heavy atom. The van der Waals surface area contributed by atoms with Crippen LogP contribution >= 0.6 is 11.3 Å². The van der Waals surface area contributed by atoms with E-state index in [-0.39, 0.29) is 5.82 Å². The summed E-state index contributed by atoms with van der Waals surface area (Å²) in [5.41, 5.74) is 3.66. The van der Waals surface area contributed by atoms with Crippen LogP contribution < -0.4 is 0 Å². The van der Waals surface area contributed by atoms with Gasteiger partial charge in [-0.3, -0.25) is 9.97 Å². The molecule has 4 nitrogen and oxygen atoms in total. The van der Waals surface area contributed by atoms with Crippen LogP contribution in [-0.4, -0.2) is 23.0 Å². The van der Waals surface area contributed by atoms with Gasteiger partial charge >= 0.3 is 5.97 Å². The fourth-order valence-electron chi connectivity index (χ4n) is 2.78. The SMILES string of the molecule is COC(=O)c1c(-c2ccc(F)cc2)sc2cc(-c3ccncc3)cnc12. The highest BCUT2D eigenvalue weighted by Gasteiger charge is 2.22. The summed E-state index contributed by atoms with van der Waals surface area (Å²) >= 11 is 1.43. The number of fused-ring (bicyclic) bond motifs is 1. The molecule has 0 unspecified atom stereocenters. The number of rotatable bonds is 3. The minimum atomic E-state index is -0.459. The van der Waals surface area contributed by atoms with Crippen molar-refractivity contribution in [3.05, 3.63) is 72.4 Å². The van der Waals surface area contributed by atoms with Gasteiger partial charge in [0, 0.05) is 24.2 Å². The summed E-state index contributed by atoms with van der Waals surface area (Å²) in [5.74, 6) is -0.785. The van der Waals surface area contributed by atoms with E-state index in [0.717, 1.165) is 21.4 Å². The Morgan fingerprint density at radius 1 is 1.04 bits per heavy atom. The number of thiophene rings is 1. The summed E-state index contributed by atoms with van der Waals surface area (Å²) in [6, 6.07) is 11.8. The molecule has 0 aliphatic rings. The second kappa shape index (κ2) is 6.65. The van der Waals surface area contributed by atoms with Crippen molar-refractivity contribution in [1.82, 2.24) is 9.97 Å². The molecule has 4 aromatic rings. The monoisotopic (exact) mass is 364 g/mol. The molecule has 0 amide bonds. The molecule has 4 rings (SSSR count). The zero-order valence-corrected chi connectivity index (χ0v) is 14.6. The van der Waals surface area contributed by atoms with Gasteiger partial charge in [-0.15, -0.1) is 11.3 Å². The van der Waals surface area contributed by atoms with Crippen LogP contribution in [0.5, 0.6) is 0 Å². The van der Waals surface area contributed by atoms with Crippen LogP contribution in [0.15, 0.2) is 61.1 Å². The van der Waals surface area contributed by atoms with Gasteiger partial charge in [0.15, 0.2) is 0 Å². The highest BCUT2D eigenvalue weighted by Crippen LogP contribution is 2.39. The largest absolute Gasteiger partial charge is 0.465 e. The molecule has 0 radical (unpaired) electrons. The number of carbonyl (C=O) groups excluding carboxylic acids is 1. The van der Waals surface area contributed by atoms with E-state index < -0.39 is 5.97 Å². The molecule has 0 saturated carbocycles. The molecule has 0 fully saturated rings. The molecule has 3 aromatic heterocycles. The summed E-state index contributed by atoms with van der Waals surface area (Å²) in [7, 11) is 1.34. The summed E-state index contributed by atoms with van der Waals surface area (Å²) in [4.78, 5) is 21.6. The molecule has 128 valence electrons. The van der Waals surface area contributed by atoms with Crippen molar-refractivity contribution in [3.8, 4) is 21.6 Å². The van der Waals surface area contributed by atoms with Crippen LogP contribution in [-0.2, 0) is 4.74 Å². The van der Waals surface area contributed by atoms with Crippen LogP contribution in [0.1, 0.15) is 10.4 Å². The Morgan fingerprint density at radius 2 is 1.77 bits per heavy atom. The standard InChI is InChI=1S/C20H13FN2O2S/c1-25-20(24)17-18-16(26-19(17)13-2-4-15(21)5-3-13)10-14(11-23-18)12-6-8-22-9-7-12/h2-11H,1H3. The summed E-state index contributed by atoms with van der Waals surface area (Å²) in [6.07, 6.45) is 5.17. The lowest BCUT2D eigenvalue weighted by Gasteiger charge is -2.03. The molecular weight excluding hydrogens is 351 g/mol. The number of halogens is 1. The Bertz CT molecular complexity index is 1090. The molecule has 0 saturated heterocycles. The number of carbonyl (C=O) groups is 1. The van der Waals surface area contributed by atoms with Gasteiger partial charge in [0.25, 0.3) is 0 Å². The van der Waals surface area contributed by atoms with Crippen LogP contribution in [0.4, 0.5) is 4.39 Å². The van der Waals surface area contributed by atoms with Gasteiger partial charge < -0.3 is 4.74 Å². The van der Waals surface area contributed by atoms with E-state index in [1.54, 1.807) is 30.7 Å². The summed E-state index contributed by atoms with van der Waals surface area (Å²) in [5, 5.41) is 0. The van der Waals surface area contributed by atoms with E-state index in [4.69, 9.17) is 4.74 Å². The minimum Gasteiger partial charge on any atom is -0.465 e. The first-order chi connectivity index (χ1) is 12.7. The number of ether oxygens (including phenoxy) is 1. The van der Waals surface area contributed by atoms with Gasteiger partial charge in [-0.25, -0.2) is 9.18 Å². The Hall–Kier alpha value is -3.12. The van der Waals surface area contributed by atoms with Crippen LogP contribution in [0, 0.1) is 5.82 Å². The number of hydrogen-bond donors (Lipinski definition) is 0. The van der Waals surface area contributed by atoms with E-state index >= 15 is 0 Å². The molecule has 0 N–H and O–H groups in total. The lowest BCUT2D eigenvalue weighted by molar-refractivity contribution is 0.0604. The van der Waals surface area contributed by atoms with Crippen molar-refractivity contribution in [2.45, 2.75) is 0 Å². The molecule has 26 heavy (non-hydrogen) atoms. The Labute approximate surface area is 152 Å². The maximum Gasteiger partial charge on any atom is 0.341 e. The molecular formula is C20H13FN2O2S. The van der Waals surface area contributed by atoms with Crippen LogP contribution in [0.2, 0.25) is 0 Å². The number of nitrogens with zero attached hydrogens (tertiary/aromatic N) is 2. The summed E-state index contributed by atoms with van der Waals surface area (Å²) < 4.78 is 19.1. The topological polar surface area (TPSA) is 52.1 Å². The zero-order chi connectivity index (χ0) is 18.1. The first-order valence-electron chi connectivity index (χ1n) is 7.84. The van der Waals surface area contributed by atoms with Crippen molar-refractivity contribution < 1.29 is 13.9 Å². The van der Waals surface area contributed by atoms with Crippen LogP contribution in [0.25, 0.3) is 31.8 Å². The third kappa shape index (κ3) is 2.84. The first kappa shape index (κ1) is 16.4. The fourth-order valence-corrected chi connectivity index (χ4v) is 3.97. The second-order valence-corrected chi connectivity index (χ2v) is 6.66. The normalized spacial score (nSPS) is 10.8. The van der Waals surface area contributed by atoms with Gasteiger partial charge in [0.05, 0.1) is 22.2 Å². The first-order valence-corrected chi connectivity index (χ1v) is 8.66. The van der Waals surface area contributed by atoms with E-state index in [2.05, 4.69) is 9.97 Å². The lowest BCUT2D eigenvalue weighted by atomic mass is 10.1. The molecule has 0 aliphatic heterocycles. The van der Waals surface area contributed by atoms with E-state index in [1.807, 2.05) is 18.2 Å². The molecule has 0 atom stereocenters. The average Bonchev–Trinajstić information content (AvgIpc) is 3.07. The number of benzene rings is 1. The average molecular weight is 364 g/mol. The lowest BCUT2D eigenvalue weighted by Crippen LogP contribution is -2.02.